The van der Waals surface area contributed by atoms with Crippen molar-refractivity contribution in [3.8, 4) is 0 Å². The Bertz CT molecular complexity index is 670. The normalized spacial score (nSPS) is 14.2. The summed E-state index contributed by atoms with van der Waals surface area (Å²) in [4.78, 5) is 8.08. The quantitative estimate of drug-likeness (QED) is 0.728. The van der Waals surface area contributed by atoms with Crippen molar-refractivity contribution in [1.29, 1.82) is 0 Å². The number of nitrogens with one attached hydrogen (secondary N) is 2. The minimum absolute atomic E-state index is 0.183. The predicted octanol–water partition coefficient (Wildman–Crippen LogP) is 4.36. The lowest BCUT2D eigenvalue weighted by Crippen LogP contribution is -2.25. The number of para-hydroxylation sites is 2. The summed E-state index contributed by atoms with van der Waals surface area (Å²) in [5.74, 6) is 0.991. The van der Waals surface area contributed by atoms with E-state index in [1.807, 2.05) is 18.2 Å². The molecule has 3 nitrogen and oxygen atoms in total. The van der Waals surface area contributed by atoms with Gasteiger partial charge in [0.15, 0.2) is 0 Å². The SMILES string of the molecule is CCC(NC(C)c1nc2ccccc2[nH]1)c1ccccc1. The molecule has 0 saturated heterocycles. The molecule has 1 heterocycles. The van der Waals surface area contributed by atoms with Crippen LogP contribution in [0.25, 0.3) is 11.0 Å². The molecule has 0 amide bonds. The van der Waals surface area contributed by atoms with Gasteiger partial charge < -0.3 is 10.3 Å². The topological polar surface area (TPSA) is 40.7 Å². The number of H-pyrrole nitrogens is 1. The lowest BCUT2D eigenvalue weighted by atomic mass is 10.0. The summed E-state index contributed by atoms with van der Waals surface area (Å²) in [5.41, 5.74) is 3.44. The average molecular weight is 279 g/mol. The van der Waals surface area contributed by atoms with Gasteiger partial charge in [0.1, 0.15) is 5.82 Å². The van der Waals surface area contributed by atoms with Crippen LogP contribution in [0.2, 0.25) is 0 Å². The second-order valence-corrected chi connectivity index (χ2v) is 5.40. The van der Waals surface area contributed by atoms with E-state index in [1.165, 1.54) is 5.56 Å². The van der Waals surface area contributed by atoms with Crippen molar-refractivity contribution in [3.05, 3.63) is 66.0 Å². The van der Waals surface area contributed by atoms with Crippen molar-refractivity contribution in [1.82, 2.24) is 15.3 Å². The largest absolute Gasteiger partial charge is 0.341 e. The molecular weight excluding hydrogens is 258 g/mol. The number of hydrogen-bond acceptors (Lipinski definition) is 2. The van der Waals surface area contributed by atoms with Gasteiger partial charge in [-0.2, -0.15) is 0 Å². The van der Waals surface area contributed by atoms with Crippen LogP contribution < -0.4 is 5.32 Å². The number of rotatable bonds is 5. The molecule has 108 valence electrons. The van der Waals surface area contributed by atoms with E-state index >= 15 is 0 Å². The van der Waals surface area contributed by atoms with Crippen LogP contribution in [-0.4, -0.2) is 9.97 Å². The van der Waals surface area contributed by atoms with Crippen LogP contribution in [0.4, 0.5) is 0 Å². The molecule has 2 aromatic carbocycles. The first-order chi connectivity index (χ1) is 10.3. The maximum Gasteiger partial charge on any atom is 0.124 e. The minimum atomic E-state index is 0.183. The molecule has 0 saturated carbocycles. The molecule has 0 spiro atoms. The van der Waals surface area contributed by atoms with Crippen LogP contribution in [0, 0.1) is 0 Å². The van der Waals surface area contributed by atoms with Crippen LogP contribution in [-0.2, 0) is 0 Å². The van der Waals surface area contributed by atoms with Gasteiger partial charge in [-0.15, -0.1) is 0 Å². The van der Waals surface area contributed by atoms with Crippen LogP contribution in [0.15, 0.2) is 54.6 Å². The molecule has 0 aliphatic rings. The van der Waals surface area contributed by atoms with E-state index in [9.17, 15) is 0 Å². The fraction of sp³-hybridized carbons (Fsp3) is 0.278. The van der Waals surface area contributed by atoms with E-state index in [0.717, 1.165) is 23.3 Å². The number of benzene rings is 2. The Morgan fingerprint density at radius 3 is 2.48 bits per heavy atom. The maximum atomic E-state index is 4.68. The van der Waals surface area contributed by atoms with Crippen molar-refractivity contribution in [2.24, 2.45) is 0 Å². The predicted molar refractivity (Wildman–Crippen MR) is 87.1 cm³/mol. The summed E-state index contributed by atoms with van der Waals surface area (Å²) in [6.07, 6.45) is 1.05. The molecule has 3 heteroatoms. The van der Waals surface area contributed by atoms with Gasteiger partial charge >= 0.3 is 0 Å². The van der Waals surface area contributed by atoms with Gasteiger partial charge in [0.2, 0.25) is 0 Å². The molecule has 3 rings (SSSR count). The van der Waals surface area contributed by atoms with Gasteiger partial charge in [0.25, 0.3) is 0 Å². The minimum Gasteiger partial charge on any atom is -0.341 e. The summed E-state index contributed by atoms with van der Waals surface area (Å²) < 4.78 is 0. The van der Waals surface area contributed by atoms with Gasteiger partial charge in [-0.1, -0.05) is 49.4 Å². The zero-order chi connectivity index (χ0) is 14.7. The molecule has 1 aromatic heterocycles. The Morgan fingerprint density at radius 2 is 1.76 bits per heavy atom. The number of nitrogens with zero attached hydrogens (tertiary/aromatic N) is 1. The molecule has 2 atom stereocenters. The van der Waals surface area contributed by atoms with Crippen LogP contribution >= 0.6 is 0 Å². The number of hydrogen-bond donors (Lipinski definition) is 2. The lowest BCUT2D eigenvalue weighted by Gasteiger charge is -2.21. The molecule has 2 unspecified atom stereocenters. The number of aromatic amines is 1. The highest BCUT2D eigenvalue weighted by molar-refractivity contribution is 5.74. The first-order valence-electron chi connectivity index (χ1n) is 7.53. The first-order valence-corrected chi connectivity index (χ1v) is 7.53. The third-order valence-corrected chi connectivity index (χ3v) is 3.88. The van der Waals surface area contributed by atoms with E-state index in [0.29, 0.717) is 6.04 Å². The van der Waals surface area contributed by atoms with Crippen molar-refractivity contribution in [2.45, 2.75) is 32.4 Å². The van der Waals surface area contributed by atoms with Gasteiger partial charge in [0.05, 0.1) is 17.1 Å². The summed E-state index contributed by atoms with van der Waals surface area (Å²) in [7, 11) is 0. The molecule has 0 radical (unpaired) electrons. The molecule has 0 aliphatic heterocycles. The smallest absolute Gasteiger partial charge is 0.124 e. The molecule has 0 aliphatic carbocycles. The van der Waals surface area contributed by atoms with Gasteiger partial charge in [0, 0.05) is 6.04 Å². The standard InChI is InChI=1S/C18H21N3/c1-3-15(14-9-5-4-6-10-14)19-13(2)18-20-16-11-7-8-12-17(16)21-18/h4-13,15,19H,3H2,1-2H3,(H,20,21). The Hall–Kier alpha value is -2.13. The number of imidazole rings is 1. The maximum absolute atomic E-state index is 4.68. The van der Waals surface area contributed by atoms with E-state index < -0.39 is 0 Å². The highest BCUT2D eigenvalue weighted by Crippen LogP contribution is 2.22. The summed E-state index contributed by atoms with van der Waals surface area (Å²) >= 11 is 0. The van der Waals surface area contributed by atoms with Gasteiger partial charge in [-0.3, -0.25) is 0 Å². The van der Waals surface area contributed by atoms with Crippen LogP contribution in [0.3, 0.4) is 0 Å². The molecule has 0 bridgehead atoms. The Balaban J connectivity index is 1.79. The fourth-order valence-electron chi connectivity index (χ4n) is 2.69. The zero-order valence-corrected chi connectivity index (χ0v) is 12.5. The van der Waals surface area contributed by atoms with E-state index in [2.05, 4.69) is 65.5 Å². The molecule has 21 heavy (non-hydrogen) atoms. The van der Waals surface area contributed by atoms with E-state index in [-0.39, 0.29) is 6.04 Å². The van der Waals surface area contributed by atoms with Gasteiger partial charge in [-0.05, 0) is 31.0 Å². The number of fused-ring (bicyclic) bond motifs is 1. The average Bonchev–Trinajstić information content (AvgIpc) is 2.97. The first kappa shape index (κ1) is 13.8. The van der Waals surface area contributed by atoms with Crippen molar-refractivity contribution in [3.63, 3.8) is 0 Å². The second-order valence-electron chi connectivity index (χ2n) is 5.40. The molecule has 2 N–H and O–H groups in total. The Kier molecular flexibility index (Phi) is 4.02. The summed E-state index contributed by atoms with van der Waals surface area (Å²) in [6, 6.07) is 19.3. The highest BCUT2D eigenvalue weighted by Gasteiger charge is 2.16. The van der Waals surface area contributed by atoms with Crippen LogP contribution in [0.1, 0.15) is 43.7 Å². The Labute approximate surface area is 125 Å². The third kappa shape index (κ3) is 2.98. The second kappa shape index (κ2) is 6.10. The zero-order valence-electron chi connectivity index (χ0n) is 12.5. The molecular formula is C18H21N3. The summed E-state index contributed by atoms with van der Waals surface area (Å²) in [5, 5.41) is 3.67. The fourth-order valence-corrected chi connectivity index (χ4v) is 2.69. The number of aromatic nitrogens is 2. The van der Waals surface area contributed by atoms with Gasteiger partial charge in [-0.25, -0.2) is 4.98 Å². The lowest BCUT2D eigenvalue weighted by molar-refractivity contribution is 0.445. The van der Waals surface area contributed by atoms with Crippen molar-refractivity contribution >= 4 is 11.0 Å². The van der Waals surface area contributed by atoms with E-state index in [1.54, 1.807) is 0 Å². The highest BCUT2D eigenvalue weighted by atomic mass is 15.0. The van der Waals surface area contributed by atoms with Crippen LogP contribution in [0.5, 0.6) is 0 Å². The van der Waals surface area contributed by atoms with E-state index in [4.69, 9.17) is 0 Å². The monoisotopic (exact) mass is 279 g/mol. The summed E-state index contributed by atoms with van der Waals surface area (Å²) in [6.45, 7) is 4.36. The van der Waals surface area contributed by atoms with Crippen molar-refractivity contribution < 1.29 is 0 Å². The molecule has 0 fully saturated rings. The third-order valence-electron chi connectivity index (χ3n) is 3.88. The Morgan fingerprint density at radius 1 is 1.05 bits per heavy atom. The molecule has 3 aromatic rings. The van der Waals surface area contributed by atoms with Crippen molar-refractivity contribution in [2.75, 3.05) is 0 Å².